The molecule has 5 rings (SSSR count). The van der Waals surface area contributed by atoms with E-state index in [4.69, 9.17) is 14.2 Å². The van der Waals surface area contributed by atoms with E-state index in [0.29, 0.717) is 42.3 Å². The summed E-state index contributed by atoms with van der Waals surface area (Å²) >= 11 is 0. The fourth-order valence-electron chi connectivity index (χ4n) is 5.30. The van der Waals surface area contributed by atoms with Gasteiger partial charge in [0.2, 0.25) is 5.91 Å². The van der Waals surface area contributed by atoms with E-state index < -0.39 is 0 Å². The molecule has 3 aromatic rings. The van der Waals surface area contributed by atoms with E-state index in [1.165, 1.54) is 5.56 Å². The summed E-state index contributed by atoms with van der Waals surface area (Å²) in [5, 5.41) is 6.45. The third kappa shape index (κ3) is 5.71. The molecule has 0 saturated carbocycles. The quantitative estimate of drug-likeness (QED) is 0.358. The molecule has 204 valence electrons. The Morgan fingerprint density at radius 3 is 2.62 bits per heavy atom. The number of amides is 2. The molecular weight excluding hydrogens is 494 g/mol. The number of nitrogens with one attached hydrogen (secondary N) is 2. The van der Waals surface area contributed by atoms with Crippen LogP contribution < -0.4 is 25.0 Å². The van der Waals surface area contributed by atoms with Crippen molar-refractivity contribution >= 4 is 28.9 Å². The topological polar surface area (TPSA) is 89.1 Å². The number of unbranched alkanes of at least 4 members (excludes halogenated alkanes) is 1. The van der Waals surface area contributed by atoms with Crippen molar-refractivity contribution in [2.45, 2.75) is 51.9 Å². The number of ether oxygens (including phenoxy) is 3. The summed E-state index contributed by atoms with van der Waals surface area (Å²) in [6, 6.07) is 17.5. The Kier molecular flexibility index (Phi) is 8.02. The van der Waals surface area contributed by atoms with E-state index in [1.54, 1.807) is 20.3 Å². The Hall–Kier alpha value is -4.04. The first kappa shape index (κ1) is 26.6. The number of hydrogen-bond donors (Lipinski definition) is 2. The first-order chi connectivity index (χ1) is 19.0. The molecule has 8 nitrogen and oxygen atoms in total. The predicted molar refractivity (Wildman–Crippen MR) is 152 cm³/mol. The standard InChI is InChI=1S/C31H35N3O5/c1-4-5-10-30(35)33-23-12-20(18-37-2)11-21(13-23)19-39-29-16-26-25(15-28(29)38-3)31(36)34-24(17-32-26)14-22-8-6-7-9-27(22)34/h6-9,11-13,15-16,24,32H,4-5,10,14,17-19H2,1-3H3,(H,33,35). The first-order valence-corrected chi connectivity index (χ1v) is 13.4. The highest BCUT2D eigenvalue weighted by Gasteiger charge is 2.37. The summed E-state index contributed by atoms with van der Waals surface area (Å²) in [4.78, 5) is 27.9. The lowest BCUT2D eigenvalue weighted by Gasteiger charge is -2.22. The molecule has 1 atom stereocenters. The molecule has 0 saturated heterocycles. The van der Waals surface area contributed by atoms with Crippen molar-refractivity contribution in [1.29, 1.82) is 0 Å². The van der Waals surface area contributed by atoms with Gasteiger partial charge in [-0.15, -0.1) is 0 Å². The van der Waals surface area contributed by atoms with Gasteiger partial charge in [0.15, 0.2) is 11.5 Å². The van der Waals surface area contributed by atoms with Crippen LogP contribution in [-0.4, -0.2) is 38.6 Å². The zero-order valence-electron chi connectivity index (χ0n) is 22.7. The molecular formula is C31H35N3O5. The molecule has 0 bridgehead atoms. The van der Waals surface area contributed by atoms with Crippen molar-refractivity contribution in [2.24, 2.45) is 0 Å². The summed E-state index contributed by atoms with van der Waals surface area (Å²) in [6.07, 6.45) is 3.11. The lowest BCUT2D eigenvalue weighted by atomic mass is 10.1. The van der Waals surface area contributed by atoms with Gasteiger partial charge in [0.25, 0.3) is 5.91 Å². The Labute approximate surface area is 229 Å². The van der Waals surface area contributed by atoms with Crippen LogP contribution in [0.1, 0.15) is 53.2 Å². The van der Waals surface area contributed by atoms with E-state index in [9.17, 15) is 9.59 Å². The van der Waals surface area contributed by atoms with Crippen LogP contribution in [0.15, 0.2) is 54.6 Å². The molecule has 2 aliphatic heterocycles. The minimum absolute atomic E-state index is 0.00965. The van der Waals surface area contributed by atoms with Crippen LogP contribution in [0.3, 0.4) is 0 Å². The Balaban J connectivity index is 1.37. The van der Waals surface area contributed by atoms with E-state index in [1.807, 2.05) is 47.4 Å². The number of nitrogens with zero attached hydrogens (tertiary/aromatic N) is 1. The van der Waals surface area contributed by atoms with E-state index >= 15 is 0 Å². The van der Waals surface area contributed by atoms with E-state index in [-0.39, 0.29) is 24.5 Å². The van der Waals surface area contributed by atoms with Gasteiger partial charge in [-0.05, 0) is 59.9 Å². The van der Waals surface area contributed by atoms with Crippen LogP contribution in [-0.2, 0) is 29.2 Å². The average molecular weight is 530 g/mol. The van der Waals surface area contributed by atoms with Gasteiger partial charge < -0.3 is 29.7 Å². The van der Waals surface area contributed by atoms with Crippen molar-refractivity contribution in [3.63, 3.8) is 0 Å². The minimum atomic E-state index is -0.0504. The predicted octanol–water partition coefficient (Wildman–Crippen LogP) is 5.55. The molecule has 2 aliphatic rings. The molecule has 0 spiro atoms. The molecule has 0 aliphatic carbocycles. The summed E-state index contributed by atoms with van der Waals surface area (Å²) in [5.74, 6) is 0.954. The number of fused-ring (bicyclic) bond motifs is 4. The number of methoxy groups -OCH3 is 2. The number of para-hydroxylation sites is 1. The second-order valence-electron chi connectivity index (χ2n) is 10.0. The van der Waals surface area contributed by atoms with Crippen molar-refractivity contribution in [3.8, 4) is 11.5 Å². The molecule has 1 unspecified atom stereocenters. The van der Waals surface area contributed by atoms with E-state index in [2.05, 4.69) is 23.6 Å². The Morgan fingerprint density at radius 2 is 1.85 bits per heavy atom. The van der Waals surface area contributed by atoms with Gasteiger partial charge in [0.05, 0.1) is 31.0 Å². The van der Waals surface area contributed by atoms with Gasteiger partial charge in [0, 0.05) is 37.5 Å². The van der Waals surface area contributed by atoms with Gasteiger partial charge in [-0.3, -0.25) is 9.59 Å². The number of hydrogen-bond acceptors (Lipinski definition) is 6. The van der Waals surface area contributed by atoms with Crippen LogP contribution in [0.2, 0.25) is 0 Å². The SMILES string of the molecule is CCCCC(=O)Nc1cc(COC)cc(COc2cc3c(cc2OC)C(=O)N2c4ccccc4CC2CN3)c1. The van der Waals surface area contributed by atoms with Crippen molar-refractivity contribution in [3.05, 3.63) is 76.9 Å². The number of rotatable bonds is 10. The maximum Gasteiger partial charge on any atom is 0.260 e. The highest BCUT2D eigenvalue weighted by molar-refractivity contribution is 6.12. The largest absolute Gasteiger partial charge is 0.493 e. The molecule has 8 heteroatoms. The van der Waals surface area contributed by atoms with Crippen molar-refractivity contribution < 1.29 is 23.8 Å². The number of carbonyl (C=O) groups excluding carboxylic acids is 2. The molecule has 0 radical (unpaired) electrons. The van der Waals surface area contributed by atoms with Crippen LogP contribution in [0.4, 0.5) is 17.1 Å². The second kappa shape index (κ2) is 11.8. The number of anilines is 3. The lowest BCUT2D eigenvalue weighted by Crippen LogP contribution is -2.39. The van der Waals surface area contributed by atoms with Gasteiger partial charge in [-0.25, -0.2) is 0 Å². The summed E-state index contributed by atoms with van der Waals surface area (Å²) in [7, 11) is 3.21. The number of carbonyl (C=O) groups is 2. The summed E-state index contributed by atoms with van der Waals surface area (Å²) in [6.45, 7) is 3.37. The zero-order chi connectivity index (χ0) is 27.4. The zero-order valence-corrected chi connectivity index (χ0v) is 22.7. The highest BCUT2D eigenvalue weighted by atomic mass is 16.5. The van der Waals surface area contributed by atoms with Gasteiger partial charge in [0.1, 0.15) is 6.61 Å². The molecule has 2 N–H and O–H groups in total. The van der Waals surface area contributed by atoms with Crippen LogP contribution in [0.25, 0.3) is 0 Å². The fraction of sp³-hybridized carbons (Fsp3) is 0.355. The van der Waals surface area contributed by atoms with Gasteiger partial charge in [-0.2, -0.15) is 0 Å². The smallest absolute Gasteiger partial charge is 0.260 e. The molecule has 0 aromatic heterocycles. The summed E-state index contributed by atoms with van der Waals surface area (Å²) in [5.41, 5.74) is 5.96. The Bertz CT molecular complexity index is 1370. The van der Waals surface area contributed by atoms with Crippen molar-refractivity contribution in [2.75, 3.05) is 36.3 Å². The molecule has 2 heterocycles. The maximum absolute atomic E-state index is 13.7. The van der Waals surface area contributed by atoms with Crippen LogP contribution in [0, 0.1) is 0 Å². The lowest BCUT2D eigenvalue weighted by molar-refractivity contribution is -0.116. The van der Waals surface area contributed by atoms with Crippen molar-refractivity contribution in [1.82, 2.24) is 0 Å². The third-order valence-corrected chi connectivity index (χ3v) is 7.15. The monoisotopic (exact) mass is 529 g/mol. The minimum Gasteiger partial charge on any atom is -0.493 e. The third-order valence-electron chi connectivity index (χ3n) is 7.15. The Morgan fingerprint density at radius 1 is 1.05 bits per heavy atom. The van der Waals surface area contributed by atoms with Crippen LogP contribution in [0.5, 0.6) is 11.5 Å². The summed E-state index contributed by atoms with van der Waals surface area (Å²) < 4.78 is 17.2. The van der Waals surface area contributed by atoms with Gasteiger partial charge in [-0.1, -0.05) is 31.5 Å². The number of benzene rings is 3. The highest BCUT2D eigenvalue weighted by Crippen LogP contribution is 2.40. The maximum atomic E-state index is 13.7. The molecule has 39 heavy (non-hydrogen) atoms. The fourth-order valence-corrected chi connectivity index (χ4v) is 5.30. The molecule has 2 amide bonds. The van der Waals surface area contributed by atoms with Crippen LogP contribution >= 0.6 is 0 Å². The average Bonchev–Trinajstić information content (AvgIpc) is 3.25. The second-order valence-corrected chi connectivity index (χ2v) is 10.0. The molecule has 3 aromatic carbocycles. The van der Waals surface area contributed by atoms with E-state index in [0.717, 1.165) is 41.8 Å². The normalized spacial score (nSPS) is 15.5. The molecule has 0 fully saturated rings. The van der Waals surface area contributed by atoms with Gasteiger partial charge >= 0.3 is 0 Å². The first-order valence-electron chi connectivity index (χ1n) is 13.4.